The Bertz CT molecular complexity index is 213. The van der Waals surface area contributed by atoms with E-state index in [4.69, 9.17) is 0 Å². The van der Waals surface area contributed by atoms with Gasteiger partial charge in [0.15, 0.2) is 0 Å². The molecular weight excluding hydrogens is 172 g/mol. The van der Waals surface area contributed by atoms with Crippen LogP contribution >= 0.6 is 0 Å². The smallest absolute Gasteiger partial charge is 0.0512 e. The summed E-state index contributed by atoms with van der Waals surface area (Å²) in [4.78, 5) is 0. The van der Waals surface area contributed by atoms with Crippen LogP contribution in [0.4, 0.5) is 0 Å². The third-order valence-electron chi connectivity index (χ3n) is 3.62. The van der Waals surface area contributed by atoms with E-state index in [0.29, 0.717) is 11.3 Å². The number of aliphatic hydroxyl groups is 1. The van der Waals surface area contributed by atoms with Crippen LogP contribution in [0.25, 0.3) is 0 Å². The van der Waals surface area contributed by atoms with Crippen LogP contribution in [0.3, 0.4) is 0 Å². The Balaban J connectivity index is 2.62. The first-order valence-electron chi connectivity index (χ1n) is 5.78. The van der Waals surface area contributed by atoms with E-state index < -0.39 is 0 Å². The maximum atomic E-state index is 9.32. The Morgan fingerprint density at radius 1 is 1.57 bits per heavy atom. The average molecular weight is 196 g/mol. The first-order valence-corrected chi connectivity index (χ1v) is 5.78. The lowest BCUT2D eigenvalue weighted by Crippen LogP contribution is -2.28. The minimum absolute atomic E-state index is 0.152. The largest absolute Gasteiger partial charge is 0.393 e. The second-order valence-corrected chi connectivity index (χ2v) is 5.45. The molecule has 1 nitrogen and oxygen atoms in total. The van der Waals surface area contributed by atoms with Crippen LogP contribution in [-0.2, 0) is 0 Å². The van der Waals surface area contributed by atoms with Crippen LogP contribution in [0.1, 0.15) is 53.4 Å². The number of hydrogen-bond donors (Lipinski definition) is 1. The Morgan fingerprint density at radius 3 is 2.71 bits per heavy atom. The van der Waals surface area contributed by atoms with Crippen molar-refractivity contribution in [1.82, 2.24) is 0 Å². The molecule has 14 heavy (non-hydrogen) atoms. The molecule has 0 fully saturated rings. The van der Waals surface area contributed by atoms with E-state index >= 15 is 0 Å². The molecule has 1 aliphatic rings. The molecule has 0 heterocycles. The van der Waals surface area contributed by atoms with E-state index in [9.17, 15) is 5.11 Å². The molecule has 0 saturated heterocycles. The van der Waals surface area contributed by atoms with E-state index in [2.05, 4.69) is 26.8 Å². The molecule has 0 radical (unpaired) electrons. The fourth-order valence-electron chi connectivity index (χ4n) is 2.63. The summed E-state index contributed by atoms with van der Waals surface area (Å²) in [6.45, 7) is 8.84. The van der Waals surface area contributed by atoms with Crippen molar-refractivity contribution in [1.29, 1.82) is 0 Å². The first kappa shape index (κ1) is 11.8. The molecule has 1 heteroatoms. The molecule has 0 aromatic carbocycles. The molecule has 0 spiro atoms. The fourth-order valence-corrected chi connectivity index (χ4v) is 2.63. The van der Waals surface area contributed by atoms with Crippen LogP contribution in [-0.4, -0.2) is 11.2 Å². The lowest BCUT2D eigenvalue weighted by atomic mass is 9.67. The standard InChI is InChI=1S/C13H24O/c1-10-6-5-9-13(3,4)12(10)8-7-11(2)14/h6,11-12,14H,5,7-9H2,1-4H3/t11-,12+/m1/s1. The summed E-state index contributed by atoms with van der Waals surface area (Å²) >= 11 is 0. The normalized spacial score (nSPS) is 28.4. The number of hydrogen-bond acceptors (Lipinski definition) is 1. The molecule has 0 aromatic heterocycles. The molecule has 0 bridgehead atoms. The van der Waals surface area contributed by atoms with Gasteiger partial charge in [-0.25, -0.2) is 0 Å². The van der Waals surface area contributed by atoms with Crippen molar-refractivity contribution >= 4 is 0 Å². The van der Waals surface area contributed by atoms with Crippen LogP contribution in [0, 0.1) is 11.3 Å². The third-order valence-corrected chi connectivity index (χ3v) is 3.62. The topological polar surface area (TPSA) is 20.2 Å². The summed E-state index contributed by atoms with van der Waals surface area (Å²) < 4.78 is 0. The monoisotopic (exact) mass is 196 g/mol. The van der Waals surface area contributed by atoms with E-state index in [1.165, 1.54) is 18.4 Å². The van der Waals surface area contributed by atoms with E-state index in [-0.39, 0.29) is 6.10 Å². The molecule has 0 amide bonds. The van der Waals surface area contributed by atoms with Gasteiger partial charge in [0.05, 0.1) is 6.10 Å². The highest BCUT2D eigenvalue weighted by Crippen LogP contribution is 2.43. The SMILES string of the molecule is CC1=CCCC(C)(C)[C@H]1CC[C@@H](C)O. The van der Waals surface area contributed by atoms with Gasteiger partial charge in [0.1, 0.15) is 0 Å². The Labute approximate surface area is 88.2 Å². The Hall–Kier alpha value is -0.300. The highest BCUT2D eigenvalue weighted by Gasteiger charge is 2.32. The van der Waals surface area contributed by atoms with Crippen molar-refractivity contribution < 1.29 is 5.11 Å². The van der Waals surface area contributed by atoms with Crippen molar-refractivity contribution in [3.05, 3.63) is 11.6 Å². The van der Waals surface area contributed by atoms with Gasteiger partial charge < -0.3 is 5.11 Å². The second kappa shape index (κ2) is 4.48. The number of aliphatic hydroxyl groups excluding tert-OH is 1. The van der Waals surface area contributed by atoms with E-state index in [1.54, 1.807) is 0 Å². The zero-order chi connectivity index (χ0) is 10.8. The van der Waals surface area contributed by atoms with Crippen molar-refractivity contribution in [3.8, 4) is 0 Å². The van der Waals surface area contributed by atoms with Gasteiger partial charge in [-0.05, 0) is 50.9 Å². The fraction of sp³-hybridized carbons (Fsp3) is 0.846. The van der Waals surface area contributed by atoms with E-state index in [0.717, 1.165) is 12.8 Å². The molecule has 0 saturated carbocycles. The van der Waals surface area contributed by atoms with Crippen LogP contribution < -0.4 is 0 Å². The highest BCUT2D eigenvalue weighted by molar-refractivity contribution is 5.11. The maximum absolute atomic E-state index is 9.32. The summed E-state index contributed by atoms with van der Waals surface area (Å²) in [7, 11) is 0. The summed E-state index contributed by atoms with van der Waals surface area (Å²) in [5.41, 5.74) is 1.95. The maximum Gasteiger partial charge on any atom is 0.0512 e. The van der Waals surface area contributed by atoms with Crippen LogP contribution in [0.15, 0.2) is 11.6 Å². The molecule has 82 valence electrons. The molecule has 1 N–H and O–H groups in total. The van der Waals surface area contributed by atoms with Crippen LogP contribution in [0.2, 0.25) is 0 Å². The molecule has 1 aliphatic carbocycles. The van der Waals surface area contributed by atoms with Gasteiger partial charge in [0.25, 0.3) is 0 Å². The zero-order valence-corrected chi connectivity index (χ0v) is 10.0. The van der Waals surface area contributed by atoms with Crippen molar-refractivity contribution in [2.75, 3.05) is 0 Å². The molecule has 0 unspecified atom stereocenters. The Morgan fingerprint density at radius 2 is 2.21 bits per heavy atom. The van der Waals surface area contributed by atoms with Gasteiger partial charge in [-0.1, -0.05) is 25.5 Å². The van der Waals surface area contributed by atoms with Gasteiger partial charge in [0.2, 0.25) is 0 Å². The van der Waals surface area contributed by atoms with Gasteiger partial charge in [-0.3, -0.25) is 0 Å². The van der Waals surface area contributed by atoms with Crippen molar-refractivity contribution in [3.63, 3.8) is 0 Å². The summed E-state index contributed by atoms with van der Waals surface area (Å²) in [6, 6.07) is 0. The lowest BCUT2D eigenvalue weighted by Gasteiger charge is -2.38. The number of allylic oxidation sites excluding steroid dienone is 2. The Kier molecular flexibility index (Phi) is 3.77. The van der Waals surface area contributed by atoms with Gasteiger partial charge in [-0.2, -0.15) is 0 Å². The minimum Gasteiger partial charge on any atom is -0.393 e. The molecule has 2 atom stereocenters. The predicted octanol–water partition coefficient (Wildman–Crippen LogP) is 3.53. The first-order chi connectivity index (χ1) is 6.43. The molecule has 1 rings (SSSR count). The third kappa shape index (κ3) is 2.84. The van der Waals surface area contributed by atoms with Gasteiger partial charge in [0, 0.05) is 0 Å². The minimum atomic E-state index is -0.152. The highest BCUT2D eigenvalue weighted by atomic mass is 16.3. The lowest BCUT2D eigenvalue weighted by molar-refractivity contribution is 0.144. The second-order valence-electron chi connectivity index (χ2n) is 5.45. The zero-order valence-electron chi connectivity index (χ0n) is 10.0. The van der Waals surface area contributed by atoms with E-state index in [1.807, 2.05) is 6.92 Å². The number of rotatable bonds is 3. The van der Waals surface area contributed by atoms with Gasteiger partial charge in [-0.15, -0.1) is 0 Å². The predicted molar refractivity (Wildman–Crippen MR) is 61.2 cm³/mol. The van der Waals surface area contributed by atoms with Gasteiger partial charge >= 0.3 is 0 Å². The molecule has 0 aromatic rings. The summed E-state index contributed by atoms with van der Waals surface area (Å²) in [5.74, 6) is 0.672. The molecule has 0 aliphatic heterocycles. The van der Waals surface area contributed by atoms with Crippen molar-refractivity contribution in [2.45, 2.75) is 59.5 Å². The van der Waals surface area contributed by atoms with Crippen molar-refractivity contribution in [2.24, 2.45) is 11.3 Å². The van der Waals surface area contributed by atoms with Crippen LogP contribution in [0.5, 0.6) is 0 Å². The average Bonchev–Trinajstić information content (AvgIpc) is 2.01. The summed E-state index contributed by atoms with van der Waals surface area (Å²) in [6.07, 6.45) is 6.80. The molecular formula is C13H24O. The quantitative estimate of drug-likeness (QED) is 0.685. The summed E-state index contributed by atoms with van der Waals surface area (Å²) in [5, 5.41) is 9.32.